The van der Waals surface area contributed by atoms with Crippen LogP contribution in [0.15, 0.2) is 47.4 Å². The number of hydrogen-bond donors (Lipinski definition) is 1. The van der Waals surface area contributed by atoms with E-state index in [-0.39, 0.29) is 27.4 Å². The highest BCUT2D eigenvalue weighted by molar-refractivity contribution is 7.89. The first-order valence-corrected chi connectivity index (χ1v) is 9.18. The maximum absolute atomic E-state index is 12.6. The molecule has 24 heavy (non-hydrogen) atoms. The van der Waals surface area contributed by atoms with E-state index in [1.54, 1.807) is 31.3 Å². The lowest BCUT2D eigenvalue weighted by atomic mass is 10.1. The zero-order chi connectivity index (χ0) is 17.9. The van der Waals surface area contributed by atoms with Crippen molar-refractivity contribution in [3.05, 3.63) is 63.6 Å². The summed E-state index contributed by atoms with van der Waals surface area (Å²) in [6.07, 6.45) is 0. The monoisotopic (exact) mass is 386 g/mol. The lowest BCUT2D eigenvalue weighted by molar-refractivity contribution is 0.0963. The molecule has 0 saturated carbocycles. The largest absolute Gasteiger partial charge is 0.355 e. The third-order valence-corrected chi connectivity index (χ3v) is 6.23. The van der Waals surface area contributed by atoms with Crippen LogP contribution < -0.4 is 5.32 Å². The Hall–Kier alpha value is -1.60. The number of carbonyl (C=O) groups excluding carboxylic acids is 1. The third kappa shape index (κ3) is 3.89. The van der Waals surface area contributed by atoms with Gasteiger partial charge in [-0.2, -0.15) is 4.31 Å². The third-order valence-electron chi connectivity index (χ3n) is 3.45. The molecule has 0 saturated heterocycles. The Bertz CT molecular complexity index is 852. The van der Waals surface area contributed by atoms with E-state index in [4.69, 9.17) is 23.2 Å². The molecule has 0 aliphatic heterocycles. The molecular weight excluding hydrogens is 371 g/mol. The SMILES string of the molecule is CNC(=O)c1ccc(CN(C)S(=O)(=O)c2cccc(Cl)c2Cl)cc1. The predicted molar refractivity (Wildman–Crippen MR) is 94.9 cm³/mol. The number of rotatable bonds is 5. The van der Waals surface area contributed by atoms with Crippen LogP contribution in [-0.2, 0) is 16.6 Å². The van der Waals surface area contributed by atoms with Crippen LogP contribution in [0.25, 0.3) is 0 Å². The van der Waals surface area contributed by atoms with Crippen LogP contribution in [0.1, 0.15) is 15.9 Å². The lowest BCUT2D eigenvalue weighted by Crippen LogP contribution is -2.27. The van der Waals surface area contributed by atoms with Gasteiger partial charge in [-0.05, 0) is 29.8 Å². The van der Waals surface area contributed by atoms with Crippen molar-refractivity contribution in [3.8, 4) is 0 Å². The van der Waals surface area contributed by atoms with E-state index in [0.717, 1.165) is 5.56 Å². The van der Waals surface area contributed by atoms with Crippen LogP contribution in [0.2, 0.25) is 10.0 Å². The Morgan fingerprint density at radius 2 is 1.75 bits per heavy atom. The van der Waals surface area contributed by atoms with Crippen molar-refractivity contribution in [2.75, 3.05) is 14.1 Å². The van der Waals surface area contributed by atoms with E-state index in [1.807, 2.05) is 0 Å². The standard InChI is InChI=1S/C16H16Cl2N2O3S/c1-19-16(21)12-8-6-11(7-9-12)10-20(2)24(22,23)14-5-3-4-13(17)15(14)18/h3-9H,10H2,1-2H3,(H,19,21). The summed E-state index contributed by atoms with van der Waals surface area (Å²) in [4.78, 5) is 11.5. The minimum absolute atomic E-state index is 0.000909. The molecule has 0 atom stereocenters. The van der Waals surface area contributed by atoms with Crippen molar-refractivity contribution >= 4 is 39.1 Å². The summed E-state index contributed by atoms with van der Waals surface area (Å²) in [5, 5.41) is 2.71. The van der Waals surface area contributed by atoms with Gasteiger partial charge in [0.05, 0.1) is 10.0 Å². The van der Waals surface area contributed by atoms with E-state index >= 15 is 0 Å². The second kappa shape index (κ2) is 7.53. The number of benzene rings is 2. The minimum atomic E-state index is -3.78. The molecule has 0 fully saturated rings. The number of nitrogens with zero attached hydrogens (tertiary/aromatic N) is 1. The molecule has 128 valence electrons. The average molecular weight is 387 g/mol. The van der Waals surface area contributed by atoms with E-state index in [1.165, 1.54) is 29.6 Å². The summed E-state index contributed by atoms with van der Waals surface area (Å²) in [6, 6.07) is 11.2. The van der Waals surface area contributed by atoms with Crippen molar-refractivity contribution in [2.45, 2.75) is 11.4 Å². The molecule has 5 nitrogen and oxygen atoms in total. The van der Waals surface area contributed by atoms with Gasteiger partial charge in [-0.25, -0.2) is 8.42 Å². The van der Waals surface area contributed by atoms with Crippen molar-refractivity contribution in [2.24, 2.45) is 0 Å². The zero-order valence-electron chi connectivity index (χ0n) is 13.1. The van der Waals surface area contributed by atoms with Crippen LogP contribution in [-0.4, -0.2) is 32.7 Å². The van der Waals surface area contributed by atoms with Gasteiger partial charge < -0.3 is 5.32 Å². The van der Waals surface area contributed by atoms with Crippen molar-refractivity contribution in [1.82, 2.24) is 9.62 Å². The molecule has 0 radical (unpaired) electrons. The molecule has 8 heteroatoms. The molecule has 0 heterocycles. The normalized spacial score (nSPS) is 11.5. The summed E-state index contributed by atoms with van der Waals surface area (Å²) in [5.41, 5.74) is 1.25. The van der Waals surface area contributed by atoms with Gasteiger partial charge in [-0.3, -0.25) is 4.79 Å². The molecule has 1 N–H and O–H groups in total. The van der Waals surface area contributed by atoms with Gasteiger partial charge in [0, 0.05) is 26.2 Å². The van der Waals surface area contributed by atoms with E-state index in [9.17, 15) is 13.2 Å². The van der Waals surface area contributed by atoms with Gasteiger partial charge >= 0.3 is 0 Å². The summed E-state index contributed by atoms with van der Waals surface area (Å²) in [7, 11) is -0.779. The maximum Gasteiger partial charge on any atom is 0.251 e. The zero-order valence-corrected chi connectivity index (χ0v) is 15.4. The van der Waals surface area contributed by atoms with E-state index in [0.29, 0.717) is 5.56 Å². The highest BCUT2D eigenvalue weighted by Gasteiger charge is 2.24. The fourth-order valence-electron chi connectivity index (χ4n) is 2.10. The van der Waals surface area contributed by atoms with Gasteiger partial charge in [0.25, 0.3) is 5.91 Å². The Kier molecular flexibility index (Phi) is 5.87. The van der Waals surface area contributed by atoms with Gasteiger partial charge in [-0.1, -0.05) is 41.4 Å². The predicted octanol–water partition coefficient (Wildman–Crippen LogP) is 3.17. The summed E-state index contributed by atoms with van der Waals surface area (Å²) in [6.45, 7) is 0.138. The highest BCUT2D eigenvalue weighted by Crippen LogP contribution is 2.30. The van der Waals surface area contributed by atoms with Crippen molar-refractivity contribution in [1.29, 1.82) is 0 Å². The number of hydrogen-bond acceptors (Lipinski definition) is 3. The molecular formula is C16H16Cl2N2O3S. The number of sulfonamides is 1. The first-order chi connectivity index (χ1) is 11.3. The average Bonchev–Trinajstić information content (AvgIpc) is 2.57. The van der Waals surface area contributed by atoms with E-state index in [2.05, 4.69) is 5.32 Å². The molecule has 0 aliphatic carbocycles. The Morgan fingerprint density at radius 3 is 2.33 bits per heavy atom. The van der Waals surface area contributed by atoms with Crippen molar-refractivity contribution < 1.29 is 13.2 Å². The topological polar surface area (TPSA) is 66.5 Å². The van der Waals surface area contributed by atoms with Crippen LogP contribution in [0.4, 0.5) is 0 Å². The highest BCUT2D eigenvalue weighted by atomic mass is 35.5. The van der Waals surface area contributed by atoms with Crippen LogP contribution in [0.3, 0.4) is 0 Å². The quantitative estimate of drug-likeness (QED) is 0.857. The number of carbonyl (C=O) groups is 1. The van der Waals surface area contributed by atoms with Gasteiger partial charge in [0.15, 0.2) is 0 Å². The summed E-state index contributed by atoms with van der Waals surface area (Å²) < 4.78 is 26.5. The second-order valence-electron chi connectivity index (χ2n) is 5.09. The maximum atomic E-state index is 12.6. The Balaban J connectivity index is 2.23. The van der Waals surface area contributed by atoms with Gasteiger partial charge in [0.2, 0.25) is 10.0 Å². The number of halogens is 2. The Labute approximate surface area is 151 Å². The van der Waals surface area contributed by atoms with Gasteiger partial charge in [0.1, 0.15) is 4.90 Å². The number of amides is 1. The molecule has 0 aliphatic rings. The summed E-state index contributed by atoms with van der Waals surface area (Å²) in [5.74, 6) is -0.201. The second-order valence-corrected chi connectivity index (χ2v) is 7.89. The molecule has 0 bridgehead atoms. The van der Waals surface area contributed by atoms with Gasteiger partial charge in [-0.15, -0.1) is 0 Å². The smallest absolute Gasteiger partial charge is 0.251 e. The molecule has 0 spiro atoms. The fraction of sp³-hybridized carbons (Fsp3) is 0.188. The molecule has 1 amide bonds. The molecule has 0 aromatic heterocycles. The molecule has 2 aromatic rings. The minimum Gasteiger partial charge on any atom is -0.355 e. The van der Waals surface area contributed by atoms with Crippen LogP contribution in [0.5, 0.6) is 0 Å². The van der Waals surface area contributed by atoms with Crippen molar-refractivity contribution in [3.63, 3.8) is 0 Å². The first-order valence-electron chi connectivity index (χ1n) is 6.98. The molecule has 0 unspecified atom stereocenters. The summed E-state index contributed by atoms with van der Waals surface area (Å²) >= 11 is 11.9. The molecule has 2 aromatic carbocycles. The number of nitrogens with one attached hydrogen (secondary N) is 1. The van der Waals surface area contributed by atoms with Crippen LogP contribution in [0, 0.1) is 0 Å². The Morgan fingerprint density at radius 1 is 1.12 bits per heavy atom. The van der Waals surface area contributed by atoms with E-state index < -0.39 is 10.0 Å². The lowest BCUT2D eigenvalue weighted by Gasteiger charge is -2.18. The van der Waals surface area contributed by atoms with Crippen LogP contribution >= 0.6 is 23.2 Å². The fourth-order valence-corrected chi connectivity index (χ4v) is 3.99. The first kappa shape index (κ1) is 18.7. The molecule has 2 rings (SSSR count).